The van der Waals surface area contributed by atoms with Crippen molar-refractivity contribution in [2.75, 3.05) is 11.6 Å². The molecule has 0 bridgehead atoms. The minimum Gasteiger partial charge on any atom is -0.487 e. The molecule has 0 atom stereocenters. The van der Waals surface area contributed by atoms with E-state index in [2.05, 4.69) is 10.3 Å². The van der Waals surface area contributed by atoms with E-state index in [-0.39, 0.29) is 0 Å². The van der Waals surface area contributed by atoms with Gasteiger partial charge in [0.1, 0.15) is 12.4 Å². The number of nitrogens with zero attached hydrogens (tertiary/aromatic N) is 1. The summed E-state index contributed by atoms with van der Waals surface area (Å²) in [4.78, 5) is 16.0. The molecule has 0 fully saturated rings. The van der Waals surface area contributed by atoms with Gasteiger partial charge in [-0.3, -0.25) is 0 Å². The van der Waals surface area contributed by atoms with Crippen molar-refractivity contribution in [2.24, 2.45) is 0 Å². The monoisotopic (exact) mass is 371 g/mol. The van der Waals surface area contributed by atoms with Gasteiger partial charge in [0.05, 0.1) is 17.5 Å². The highest BCUT2D eigenvalue weighted by Crippen LogP contribution is 2.18. The van der Waals surface area contributed by atoms with Gasteiger partial charge in [-0.2, -0.15) is 0 Å². The molecular formula is C18H17N3O4S. The maximum atomic E-state index is 11.5. The number of rotatable bonds is 5. The molecule has 0 radical (unpaired) electrons. The number of anilines is 1. The fraction of sp³-hybridized carbons (Fsp3) is 0.111. The first kappa shape index (κ1) is 17.7. The van der Waals surface area contributed by atoms with Gasteiger partial charge in [-0.25, -0.2) is 22.9 Å². The third kappa shape index (κ3) is 4.93. The normalized spacial score (nSPS) is 11.1. The van der Waals surface area contributed by atoms with Gasteiger partial charge in [-0.15, -0.1) is 0 Å². The van der Waals surface area contributed by atoms with Crippen molar-refractivity contribution in [3.63, 3.8) is 0 Å². The van der Waals surface area contributed by atoms with Crippen LogP contribution >= 0.6 is 0 Å². The Hall–Kier alpha value is -3.13. The quantitative estimate of drug-likeness (QED) is 0.719. The van der Waals surface area contributed by atoms with Crippen LogP contribution in [0.3, 0.4) is 0 Å². The lowest BCUT2D eigenvalue weighted by Gasteiger charge is -2.09. The lowest BCUT2D eigenvalue weighted by molar-refractivity contribution is 0.256. The van der Waals surface area contributed by atoms with E-state index in [1.54, 1.807) is 24.3 Å². The second-order valence-electron chi connectivity index (χ2n) is 5.64. The van der Waals surface area contributed by atoms with Crippen molar-refractivity contribution in [2.45, 2.75) is 6.61 Å². The highest BCUT2D eigenvalue weighted by atomic mass is 32.2. The number of nitrogens with one attached hydrogen (secondary N) is 2. The maximum Gasteiger partial charge on any atom is 0.332 e. The lowest BCUT2D eigenvalue weighted by atomic mass is 10.2. The van der Waals surface area contributed by atoms with Crippen molar-refractivity contribution in [1.29, 1.82) is 0 Å². The number of pyridine rings is 1. The number of para-hydroxylation sites is 1. The van der Waals surface area contributed by atoms with Gasteiger partial charge in [0, 0.05) is 11.1 Å². The Balaban J connectivity index is 1.59. The molecule has 0 aliphatic rings. The Bertz CT molecular complexity index is 1030. The molecule has 0 unspecified atom stereocenters. The second kappa shape index (κ2) is 7.40. The van der Waals surface area contributed by atoms with E-state index in [9.17, 15) is 13.2 Å². The van der Waals surface area contributed by atoms with Crippen LogP contribution in [0.5, 0.6) is 5.75 Å². The third-order valence-electron chi connectivity index (χ3n) is 3.43. The molecule has 134 valence electrons. The molecule has 2 N–H and O–H groups in total. The van der Waals surface area contributed by atoms with Crippen LogP contribution in [0.15, 0.2) is 60.7 Å². The average Bonchev–Trinajstić information content (AvgIpc) is 2.59. The van der Waals surface area contributed by atoms with Crippen molar-refractivity contribution >= 4 is 32.6 Å². The number of aromatic nitrogens is 1. The Kier molecular flexibility index (Phi) is 5.04. The van der Waals surface area contributed by atoms with Gasteiger partial charge in [0.15, 0.2) is 0 Å². The maximum absolute atomic E-state index is 11.5. The zero-order valence-electron chi connectivity index (χ0n) is 14.0. The van der Waals surface area contributed by atoms with E-state index < -0.39 is 16.1 Å². The second-order valence-corrected chi connectivity index (χ2v) is 7.39. The smallest absolute Gasteiger partial charge is 0.332 e. The molecule has 8 heteroatoms. The Morgan fingerprint density at radius 2 is 1.77 bits per heavy atom. The van der Waals surface area contributed by atoms with Gasteiger partial charge >= 0.3 is 6.03 Å². The van der Waals surface area contributed by atoms with Crippen LogP contribution in [-0.4, -0.2) is 25.7 Å². The van der Waals surface area contributed by atoms with E-state index in [1.165, 1.54) is 0 Å². The average molecular weight is 371 g/mol. The fourth-order valence-electron chi connectivity index (χ4n) is 2.31. The summed E-state index contributed by atoms with van der Waals surface area (Å²) in [6, 6.07) is 17.5. The number of carbonyl (C=O) groups excluding carboxylic acids is 1. The topological polar surface area (TPSA) is 97.4 Å². The SMILES string of the molecule is CS(=O)(=O)NC(=O)Nc1ccc(OCc2ccc3ccccc3n2)cc1. The summed E-state index contributed by atoms with van der Waals surface area (Å²) in [5.41, 5.74) is 2.16. The van der Waals surface area contributed by atoms with Crippen molar-refractivity contribution in [3.8, 4) is 5.75 Å². The first-order valence-electron chi connectivity index (χ1n) is 7.75. The van der Waals surface area contributed by atoms with Crippen LogP contribution in [0.25, 0.3) is 10.9 Å². The molecule has 0 saturated carbocycles. The summed E-state index contributed by atoms with van der Waals surface area (Å²) in [5.74, 6) is 0.606. The van der Waals surface area contributed by atoms with Crippen LogP contribution in [0.2, 0.25) is 0 Å². The molecule has 0 saturated heterocycles. The highest BCUT2D eigenvalue weighted by Gasteiger charge is 2.08. The summed E-state index contributed by atoms with van der Waals surface area (Å²) in [6.07, 6.45) is 0.907. The van der Waals surface area contributed by atoms with E-state index in [0.29, 0.717) is 18.0 Å². The molecule has 1 aromatic heterocycles. The van der Waals surface area contributed by atoms with Gasteiger partial charge < -0.3 is 10.1 Å². The number of hydrogen-bond acceptors (Lipinski definition) is 5. The standard InChI is InChI=1S/C18H17N3O4S/c1-26(23,24)21-18(22)20-14-8-10-16(11-9-14)25-12-15-7-6-13-4-2-3-5-17(13)19-15/h2-11H,12H2,1H3,(H2,20,21,22). The van der Waals surface area contributed by atoms with Gasteiger partial charge in [0.25, 0.3) is 0 Å². The summed E-state index contributed by atoms with van der Waals surface area (Å²) in [7, 11) is -3.60. The van der Waals surface area contributed by atoms with E-state index in [4.69, 9.17) is 4.74 Å². The summed E-state index contributed by atoms with van der Waals surface area (Å²) < 4.78 is 29.5. The van der Waals surface area contributed by atoms with E-state index in [0.717, 1.165) is 22.9 Å². The molecule has 7 nitrogen and oxygen atoms in total. The van der Waals surface area contributed by atoms with Crippen LogP contribution < -0.4 is 14.8 Å². The number of fused-ring (bicyclic) bond motifs is 1. The Morgan fingerprint density at radius 3 is 2.50 bits per heavy atom. The molecular weight excluding hydrogens is 354 g/mol. The number of amides is 2. The van der Waals surface area contributed by atoms with Crippen LogP contribution in [0, 0.1) is 0 Å². The summed E-state index contributed by atoms with van der Waals surface area (Å²) >= 11 is 0. The number of benzene rings is 2. The predicted molar refractivity (Wildman–Crippen MR) is 99.5 cm³/mol. The predicted octanol–water partition coefficient (Wildman–Crippen LogP) is 2.89. The first-order chi connectivity index (χ1) is 12.4. The van der Waals surface area contributed by atoms with Crippen molar-refractivity contribution in [3.05, 3.63) is 66.4 Å². The van der Waals surface area contributed by atoms with Crippen molar-refractivity contribution in [1.82, 2.24) is 9.71 Å². The molecule has 0 aliphatic heterocycles. The highest BCUT2D eigenvalue weighted by molar-refractivity contribution is 7.89. The minimum absolute atomic E-state index is 0.312. The molecule has 3 aromatic rings. The third-order valence-corrected chi connectivity index (χ3v) is 3.99. The number of sulfonamides is 1. The minimum atomic E-state index is -3.60. The summed E-state index contributed by atoms with van der Waals surface area (Å²) in [5, 5.41) is 3.49. The molecule has 1 heterocycles. The largest absolute Gasteiger partial charge is 0.487 e. The molecule has 2 amide bonds. The molecule has 3 rings (SSSR count). The number of urea groups is 1. The molecule has 0 spiro atoms. The van der Waals surface area contributed by atoms with Crippen LogP contribution in [0.1, 0.15) is 5.69 Å². The van der Waals surface area contributed by atoms with Gasteiger partial charge in [-0.1, -0.05) is 24.3 Å². The Morgan fingerprint density at radius 1 is 1.04 bits per heavy atom. The van der Waals surface area contributed by atoms with Crippen LogP contribution in [0.4, 0.5) is 10.5 Å². The number of ether oxygens (including phenoxy) is 1. The lowest BCUT2D eigenvalue weighted by Crippen LogP contribution is -2.33. The Labute approximate surface area is 151 Å². The first-order valence-corrected chi connectivity index (χ1v) is 9.64. The van der Waals surface area contributed by atoms with E-state index in [1.807, 2.05) is 41.1 Å². The van der Waals surface area contributed by atoms with Crippen LogP contribution in [-0.2, 0) is 16.6 Å². The zero-order valence-corrected chi connectivity index (χ0v) is 14.8. The molecule has 26 heavy (non-hydrogen) atoms. The molecule has 0 aliphatic carbocycles. The number of carbonyl (C=O) groups is 1. The van der Waals surface area contributed by atoms with E-state index >= 15 is 0 Å². The summed E-state index contributed by atoms with van der Waals surface area (Å²) in [6.45, 7) is 0.312. The van der Waals surface area contributed by atoms with Gasteiger partial charge in [-0.05, 0) is 36.4 Å². The fourth-order valence-corrected chi connectivity index (χ4v) is 2.69. The number of hydrogen-bond donors (Lipinski definition) is 2. The molecule has 2 aromatic carbocycles. The van der Waals surface area contributed by atoms with Crippen molar-refractivity contribution < 1.29 is 17.9 Å². The zero-order chi connectivity index (χ0) is 18.6. The van der Waals surface area contributed by atoms with Gasteiger partial charge in [0.2, 0.25) is 10.0 Å².